The van der Waals surface area contributed by atoms with Gasteiger partial charge in [0.25, 0.3) is 5.69 Å². The van der Waals surface area contributed by atoms with Gasteiger partial charge in [-0.3, -0.25) is 19.8 Å². The lowest BCUT2D eigenvalue weighted by atomic mass is 10.3. The summed E-state index contributed by atoms with van der Waals surface area (Å²) in [4.78, 5) is 33.0. The van der Waals surface area contributed by atoms with Crippen LogP contribution in [0.15, 0.2) is 47.4 Å². The van der Waals surface area contributed by atoms with E-state index in [4.69, 9.17) is 0 Å². The molecule has 0 aliphatic carbocycles. The van der Waals surface area contributed by atoms with Crippen LogP contribution in [-0.4, -0.2) is 53.7 Å². The molecule has 170 valence electrons. The number of hydrogen-bond acceptors (Lipinski definition) is 7. The molecule has 0 spiro atoms. The number of thiazole rings is 1. The normalized spacial score (nSPS) is 11.2. The van der Waals surface area contributed by atoms with Crippen LogP contribution in [0.4, 0.5) is 15.2 Å². The van der Waals surface area contributed by atoms with Crippen LogP contribution in [0.1, 0.15) is 19.3 Å². The summed E-state index contributed by atoms with van der Waals surface area (Å²) in [6.45, 7) is 1.37. The molecule has 0 saturated heterocycles. The molecule has 3 aromatic rings. The van der Waals surface area contributed by atoms with Crippen molar-refractivity contribution in [2.24, 2.45) is 0 Å². The smallest absolute Gasteiger partial charge is 0.270 e. The van der Waals surface area contributed by atoms with Gasteiger partial charge in [-0.25, -0.2) is 9.37 Å². The highest BCUT2D eigenvalue weighted by atomic mass is 32.2. The van der Waals surface area contributed by atoms with Gasteiger partial charge in [-0.2, -0.15) is 0 Å². The average molecular weight is 477 g/mol. The highest BCUT2D eigenvalue weighted by Crippen LogP contribution is 2.32. The second-order valence-corrected chi connectivity index (χ2v) is 9.69. The van der Waals surface area contributed by atoms with Crippen molar-refractivity contribution in [1.29, 1.82) is 0 Å². The first-order valence-electron chi connectivity index (χ1n) is 10.2. The maximum atomic E-state index is 13.0. The fourth-order valence-electron chi connectivity index (χ4n) is 3.08. The van der Waals surface area contributed by atoms with Gasteiger partial charge in [-0.05, 0) is 69.6 Å². The Bertz CT molecular complexity index is 1070. The van der Waals surface area contributed by atoms with E-state index in [1.807, 2.05) is 14.1 Å². The third-order valence-corrected chi connectivity index (χ3v) is 6.85. The van der Waals surface area contributed by atoms with Crippen molar-refractivity contribution < 1.29 is 14.1 Å². The Morgan fingerprint density at radius 2 is 1.91 bits per heavy atom. The highest BCUT2D eigenvalue weighted by Gasteiger charge is 2.20. The molecule has 1 heterocycles. The van der Waals surface area contributed by atoms with Gasteiger partial charge in [-0.15, -0.1) is 11.8 Å². The molecule has 10 heteroatoms. The molecule has 1 amide bonds. The molecule has 2 aromatic carbocycles. The Balaban J connectivity index is 1.67. The SMILES string of the molecule is CN(C)CCCN(C(=O)CCCSc1ccc(F)cc1)c1nc2ccc([N+](=O)[O-])cc2s1. The summed E-state index contributed by atoms with van der Waals surface area (Å²) in [7, 11) is 3.96. The molecule has 0 aliphatic heterocycles. The Morgan fingerprint density at radius 3 is 2.59 bits per heavy atom. The lowest BCUT2D eigenvalue weighted by molar-refractivity contribution is -0.384. The molecule has 0 bridgehead atoms. The maximum Gasteiger partial charge on any atom is 0.270 e. The molecule has 0 radical (unpaired) electrons. The number of nitro benzene ring substituents is 1. The number of rotatable bonds is 11. The number of nitro groups is 1. The summed E-state index contributed by atoms with van der Waals surface area (Å²) in [5.74, 6) is 0.464. The zero-order valence-electron chi connectivity index (χ0n) is 18.0. The Hall–Kier alpha value is -2.56. The van der Waals surface area contributed by atoms with E-state index in [9.17, 15) is 19.3 Å². The van der Waals surface area contributed by atoms with E-state index in [2.05, 4.69) is 9.88 Å². The lowest BCUT2D eigenvalue weighted by Crippen LogP contribution is -2.33. The molecule has 0 aliphatic rings. The number of carbonyl (C=O) groups excluding carboxylic acids is 1. The molecular weight excluding hydrogens is 451 g/mol. The number of hydrogen-bond donors (Lipinski definition) is 0. The number of fused-ring (bicyclic) bond motifs is 1. The van der Waals surface area contributed by atoms with Crippen LogP contribution in [0.25, 0.3) is 10.2 Å². The maximum absolute atomic E-state index is 13.0. The van der Waals surface area contributed by atoms with Gasteiger partial charge in [0.15, 0.2) is 5.13 Å². The number of thioether (sulfide) groups is 1. The summed E-state index contributed by atoms with van der Waals surface area (Å²) in [5.41, 5.74) is 0.656. The van der Waals surface area contributed by atoms with E-state index in [0.29, 0.717) is 34.7 Å². The summed E-state index contributed by atoms with van der Waals surface area (Å²) in [6, 6.07) is 10.9. The predicted molar refractivity (Wildman–Crippen MR) is 128 cm³/mol. The van der Waals surface area contributed by atoms with E-state index in [-0.39, 0.29) is 17.4 Å². The molecule has 0 fully saturated rings. The van der Waals surface area contributed by atoms with Crippen molar-refractivity contribution in [2.45, 2.75) is 24.2 Å². The zero-order valence-corrected chi connectivity index (χ0v) is 19.6. The molecule has 0 N–H and O–H groups in total. The van der Waals surface area contributed by atoms with Crippen molar-refractivity contribution in [1.82, 2.24) is 9.88 Å². The molecule has 0 unspecified atom stereocenters. The van der Waals surface area contributed by atoms with Crippen LogP contribution in [0.3, 0.4) is 0 Å². The van der Waals surface area contributed by atoms with Crippen LogP contribution >= 0.6 is 23.1 Å². The van der Waals surface area contributed by atoms with Crippen molar-refractivity contribution in [2.75, 3.05) is 37.8 Å². The Kier molecular flexibility index (Phi) is 8.54. The molecular formula is C22H25FN4O3S2. The molecule has 0 saturated carbocycles. The fourth-order valence-corrected chi connectivity index (χ4v) is 4.98. The quantitative estimate of drug-likeness (QED) is 0.164. The molecule has 3 rings (SSSR count). The van der Waals surface area contributed by atoms with Gasteiger partial charge in [0, 0.05) is 30.0 Å². The van der Waals surface area contributed by atoms with Crippen molar-refractivity contribution in [3.05, 3.63) is 58.4 Å². The van der Waals surface area contributed by atoms with Crippen LogP contribution in [0, 0.1) is 15.9 Å². The Morgan fingerprint density at radius 1 is 1.16 bits per heavy atom. The van der Waals surface area contributed by atoms with Crippen LogP contribution in [0.5, 0.6) is 0 Å². The molecule has 1 aromatic heterocycles. The van der Waals surface area contributed by atoms with Crippen LogP contribution in [0.2, 0.25) is 0 Å². The van der Waals surface area contributed by atoms with Gasteiger partial charge in [-0.1, -0.05) is 11.3 Å². The predicted octanol–water partition coefficient (Wildman–Crippen LogP) is 5.20. The first kappa shape index (κ1) is 24.1. The zero-order chi connectivity index (χ0) is 23.1. The average Bonchev–Trinajstić information content (AvgIpc) is 3.18. The highest BCUT2D eigenvalue weighted by molar-refractivity contribution is 7.99. The number of benzene rings is 2. The number of amides is 1. The number of aromatic nitrogens is 1. The van der Waals surface area contributed by atoms with E-state index < -0.39 is 4.92 Å². The van der Waals surface area contributed by atoms with E-state index in [0.717, 1.165) is 23.6 Å². The van der Waals surface area contributed by atoms with Gasteiger partial charge < -0.3 is 4.90 Å². The number of anilines is 1. The second-order valence-electron chi connectivity index (χ2n) is 7.51. The van der Waals surface area contributed by atoms with Crippen molar-refractivity contribution in [3.63, 3.8) is 0 Å². The monoisotopic (exact) mass is 476 g/mol. The van der Waals surface area contributed by atoms with Gasteiger partial charge in [0.05, 0.1) is 15.1 Å². The van der Waals surface area contributed by atoms with Crippen molar-refractivity contribution in [3.8, 4) is 0 Å². The summed E-state index contributed by atoms with van der Waals surface area (Å²) in [6.07, 6.45) is 1.84. The van der Waals surface area contributed by atoms with Crippen molar-refractivity contribution >= 4 is 50.0 Å². The number of nitrogens with zero attached hydrogens (tertiary/aromatic N) is 4. The minimum atomic E-state index is -0.433. The number of halogens is 1. The van der Waals surface area contributed by atoms with E-state index in [1.54, 1.807) is 34.9 Å². The first-order chi connectivity index (χ1) is 15.3. The topological polar surface area (TPSA) is 79.6 Å². The van der Waals surface area contributed by atoms with Crippen LogP contribution < -0.4 is 4.90 Å². The molecule has 7 nitrogen and oxygen atoms in total. The van der Waals surface area contributed by atoms with Gasteiger partial charge in [0.2, 0.25) is 5.91 Å². The van der Waals surface area contributed by atoms with Crippen LogP contribution in [-0.2, 0) is 4.79 Å². The second kappa shape index (κ2) is 11.3. The van der Waals surface area contributed by atoms with Gasteiger partial charge in [0.1, 0.15) is 5.82 Å². The third kappa shape index (κ3) is 6.72. The minimum absolute atomic E-state index is 0.0102. The molecule has 0 atom stereocenters. The van der Waals surface area contributed by atoms with Gasteiger partial charge >= 0.3 is 0 Å². The third-order valence-electron chi connectivity index (χ3n) is 4.71. The molecule has 32 heavy (non-hydrogen) atoms. The first-order valence-corrected chi connectivity index (χ1v) is 12.0. The lowest BCUT2D eigenvalue weighted by Gasteiger charge is -2.21. The van der Waals surface area contributed by atoms with E-state index >= 15 is 0 Å². The Labute approximate surface area is 194 Å². The largest absolute Gasteiger partial charge is 0.309 e. The summed E-state index contributed by atoms with van der Waals surface area (Å²) < 4.78 is 13.7. The number of non-ortho nitro benzene ring substituents is 1. The summed E-state index contributed by atoms with van der Waals surface area (Å²) in [5, 5.41) is 11.6. The standard InChI is InChI=1S/C22H25FN4O3S2/c1-25(2)12-4-13-26(21(28)5-3-14-31-18-9-6-16(23)7-10-18)22-24-19-11-8-17(27(29)30)15-20(19)32-22/h6-11,15H,3-5,12-14H2,1-2H3. The summed E-state index contributed by atoms with van der Waals surface area (Å²) >= 11 is 2.88. The van der Waals surface area contributed by atoms with E-state index in [1.165, 1.54) is 35.6 Å². The minimum Gasteiger partial charge on any atom is -0.309 e. The fraction of sp³-hybridized carbons (Fsp3) is 0.364. The number of carbonyl (C=O) groups is 1.